The Morgan fingerprint density at radius 1 is 1.32 bits per heavy atom. The second-order valence-corrected chi connectivity index (χ2v) is 17.6. The minimum atomic E-state index is -0.272. The normalized spacial score (nSPS) is 14.5. The number of hydrogen-bond donors (Lipinski definition) is 4. The van der Waals surface area contributed by atoms with Crippen molar-refractivity contribution < 1.29 is 9.59 Å². The minimum absolute atomic E-state index is 0.0712. The van der Waals surface area contributed by atoms with Crippen molar-refractivity contribution in [2.45, 2.75) is 42.6 Å². The van der Waals surface area contributed by atoms with E-state index in [9.17, 15) is 9.59 Å². The van der Waals surface area contributed by atoms with Crippen LogP contribution in [0.25, 0.3) is 0 Å². The summed E-state index contributed by atoms with van der Waals surface area (Å²) in [6.07, 6.45) is 4.04. The van der Waals surface area contributed by atoms with E-state index in [4.69, 9.17) is 5.84 Å². The van der Waals surface area contributed by atoms with Gasteiger partial charge in [-0.3, -0.25) is 15.0 Å². The summed E-state index contributed by atoms with van der Waals surface area (Å²) >= 11 is 3.25. The first kappa shape index (κ1) is 23.1. The summed E-state index contributed by atoms with van der Waals surface area (Å²) in [5.74, 6) is 4.63. The fraction of sp³-hybridized carbons (Fsp3) is 0.846. The van der Waals surface area contributed by atoms with Gasteiger partial charge in [0.25, 0.3) is 0 Å². The first-order chi connectivity index (χ1) is 10.5. The number of carbonyl (C=O) groups is 2. The van der Waals surface area contributed by atoms with E-state index in [1.807, 2.05) is 5.43 Å². The van der Waals surface area contributed by atoms with Gasteiger partial charge in [-0.1, -0.05) is 55.8 Å². The highest BCUT2D eigenvalue weighted by molar-refractivity contribution is 14.8. The van der Waals surface area contributed by atoms with Gasteiger partial charge in [0, 0.05) is 22.9 Å². The van der Waals surface area contributed by atoms with E-state index in [2.05, 4.69) is 45.1 Å². The van der Waals surface area contributed by atoms with Crippen molar-refractivity contribution in [1.29, 1.82) is 0 Å². The smallest absolute Gasteiger partial charge is 0.235 e. The highest BCUT2D eigenvalue weighted by atomic mass is 128. The molecule has 0 aromatic carbocycles. The molecule has 2 atom stereocenters. The van der Waals surface area contributed by atoms with Crippen molar-refractivity contribution in [2.24, 2.45) is 5.84 Å². The quantitative estimate of drug-likeness (QED) is 0.0853. The van der Waals surface area contributed by atoms with Gasteiger partial charge < -0.3 is 10.6 Å². The van der Waals surface area contributed by atoms with E-state index >= 15 is 0 Å². The van der Waals surface area contributed by atoms with Crippen LogP contribution in [0.1, 0.15) is 32.6 Å². The number of hydrazine groups is 1. The van der Waals surface area contributed by atoms with Crippen LogP contribution in [0.5, 0.6) is 0 Å². The Balaban J connectivity index is 3.91. The molecule has 9 heteroatoms. The molecule has 0 bridgehead atoms. The third kappa shape index (κ3) is 13.5. The lowest BCUT2D eigenvalue weighted by Gasteiger charge is -2.18. The summed E-state index contributed by atoms with van der Waals surface area (Å²) in [4.78, 5) is 25.0. The van der Waals surface area contributed by atoms with Crippen LogP contribution in [0, 0.1) is 0 Å². The minimum Gasteiger partial charge on any atom is -0.354 e. The molecule has 0 radical (unpaired) electrons. The maximum Gasteiger partial charge on any atom is 0.235 e. The molecule has 0 fully saturated rings. The van der Waals surface area contributed by atoms with E-state index in [-0.39, 0.29) is 18.2 Å². The molecule has 1 unspecified atom stereocenters. The largest absolute Gasteiger partial charge is 0.354 e. The maximum absolute atomic E-state index is 11.7. The second kappa shape index (κ2) is 15.6. The van der Waals surface area contributed by atoms with Gasteiger partial charge in [-0.05, 0) is 35.5 Å². The van der Waals surface area contributed by atoms with Crippen LogP contribution in [0.15, 0.2) is 0 Å². The Kier molecular flexibility index (Phi) is 16.3. The number of alkyl halides is 3. The van der Waals surface area contributed by atoms with Crippen molar-refractivity contribution in [2.75, 3.05) is 22.4 Å². The Hall–Kier alpha value is 1.05. The second-order valence-electron chi connectivity index (χ2n) is 4.84. The monoisotopic (exact) mass is 652 g/mol. The first-order valence-electron chi connectivity index (χ1n) is 7.21. The van der Waals surface area contributed by atoms with E-state index in [1.165, 1.54) is 23.7 Å². The standard InChI is InChI=1S/C13H27I3N4O2/c1-10(8-11(16-15-2)4-3-6-14)19-9-13(22)18-7-5-12(21)20-17/h10-11,19H,3-9,17H2,1-2H3,(H,18,22)(H,20,21)/t10-,11?/m0/s1. The molecule has 0 aliphatic carbocycles. The molecule has 0 saturated carbocycles. The van der Waals surface area contributed by atoms with E-state index in [0.717, 1.165) is 3.92 Å². The van der Waals surface area contributed by atoms with Gasteiger partial charge in [0.1, 0.15) is 0 Å². The third-order valence-electron chi connectivity index (χ3n) is 2.91. The van der Waals surface area contributed by atoms with E-state index in [0.29, 0.717) is 52.3 Å². The Morgan fingerprint density at radius 3 is 2.64 bits per heavy atom. The number of nitrogens with two attached hydrogens (primary N) is 1. The summed E-state index contributed by atoms with van der Waals surface area (Å²) < 4.78 is 2.13. The molecule has 0 aliphatic rings. The molecule has 132 valence electrons. The van der Waals surface area contributed by atoms with Crippen molar-refractivity contribution in [1.82, 2.24) is 16.1 Å². The molecule has 0 heterocycles. The molecule has 0 aliphatic heterocycles. The zero-order valence-corrected chi connectivity index (χ0v) is 19.6. The summed E-state index contributed by atoms with van der Waals surface area (Å²) in [5, 5.41) is 6.00. The molecule has 0 aromatic rings. The molecule has 22 heavy (non-hydrogen) atoms. The van der Waals surface area contributed by atoms with Crippen LogP contribution in [-0.4, -0.2) is 44.2 Å². The predicted molar refractivity (Wildman–Crippen MR) is 118 cm³/mol. The fourth-order valence-electron chi connectivity index (χ4n) is 1.79. The van der Waals surface area contributed by atoms with Crippen LogP contribution in [0.3, 0.4) is 0 Å². The average molecular weight is 652 g/mol. The number of nitrogens with one attached hydrogen (secondary N) is 3. The molecule has 2 amide bonds. The number of rotatable bonds is 12. The Morgan fingerprint density at radius 2 is 2.05 bits per heavy atom. The molecular formula is C13H27I3N4O2. The fourth-order valence-corrected chi connectivity index (χ4v) is 11.9. The first-order valence-corrected chi connectivity index (χ1v) is 18.4. The van der Waals surface area contributed by atoms with Gasteiger partial charge >= 0.3 is 0 Å². The lowest BCUT2D eigenvalue weighted by Crippen LogP contribution is -2.40. The molecule has 5 N–H and O–H groups in total. The summed E-state index contributed by atoms with van der Waals surface area (Å²) in [5.41, 5.74) is 2.04. The SMILES string of the molecule is CI=IC(CCCI)C[C@H](C)NCC(=O)NCCC(=O)NN. The van der Waals surface area contributed by atoms with E-state index < -0.39 is 0 Å². The zero-order valence-electron chi connectivity index (χ0n) is 13.1. The van der Waals surface area contributed by atoms with Crippen LogP contribution < -0.4 is 21.9 Å². The van der Waals surface area contributed by atoms with Gasteiger partial charge in [-0.15, -0.1) is 0 Å². The Labute approximate surface area is 162 Å². The van der Waals surface area contributed by atoms with Gasteiger partial charge in [-0.2, -0.15) is 0 Å². The number of amides is 2. The van der Waals surface area contributed by atoms with Gasteiger partial charge in [-0.25, -0.2) is 5.84 Å². The number of carbonyl (C=O) groups excluding carboxylic acids is 2. The molecular weight excluding hydrogens is 625 g/mol. The highest BCUT2D eigenvalue weighted by Crippen LogP contribution is 2.28. The highest BCUT2D eigenvalue weighted by Gasteiger charge is 2.12. The van der Waals surface area contributed by atoms with Crippen molar-refractivity contribution in [3.63, 3.8) is 0 Å². The maximum atomic E-state index is 11.7. The predicted octanol–water partition coefficient (Wildman–Crippen LogP) is 1.92. The van der Waals surface area contributed by atoms with Crippen LogP contribution in [-0.2, 0) is 9.59 Å². The summed E-state index contributed by atoms with van der Waals surface area (Å²) in [6.45, 7) is 2.79. The molecule has 0 spiro atoms. The zero-order chi connectivity index (χ0) is 16.8. The van der Waals surface area contributed by atoms with Crippen LogP contribution >= 0.6 is 55.8 Å². The molecule has 6 nitrogen and oxygen atoms in total. The topological polar surface area (TPSA) is 96.2 Å². The number of hydrogen-bond acceptors (Lipinski definition) is 4. The van der Waals surface area contributed by atoms with Crippen molar-refractivity contribution in [3.05, 3.63) is 0 Å². The van der Waals surface area contributed by atoms with Crippen molar-refractivity contribution >= 4 is 67.6 Å². The van der Waals surface area contributed by atoms with Crippen LogP contribution in [0.2, 0.25) is 0 Å². The third-order valence-corrected chi connectivity index (χ3v) is 13.6. The molecule has 0 saturated heterocycles. The Bertz CT molecular complexity index is 356. The van der Waals surface area contributed by atoms with Crippen LogP contribution in [0.4, 0.5) is 0 Å². The van der Waals surface area contributed by atoms with E-state index in [1.54, 1.807) is 0 Å². The summed E-state index contributed by atoms with van der Waals surface area (Å²) in [7, 11) is 0. The number of halogens is 3. The molecule has 0 aromatic heterocycles. The van der Waals surface area contributed by atoms with Gasteiger partial charge in [0.05, 0.1) is 6.54 Å². The molecule has 0 rings (SSSR count). The van der Waals surface area contributed by atoms with Gasteiger partial charge in [0.15, 0.2) is 0 Å². The lowest BCUT2D eigenvalue weighted by atomic mass is 10.1. The average Bonchev–Trinajstić information content (AvgIpc) is 2.50. The van der Waals surface area contributed by atoms with Gasteiger partial charge in [0.2, 0.25) is 11.8 Å². The van der Waals surface area contributed by atoms with Crippen molar-refractivity contribution in [3.8, 4) is 0 Å². The summed E-state index contributed by atoms with van der Waals surface area (Å²) in [6, 6.07) is 0.368. The lowest BCUT2D eigenvalue weighted by molar-refractivity contribution is -0.122.